The lowest BCUT2D eigenvalue weighted by atomic mass is 9.98. The quantitative estimate of drug-likeness (QED) is 0.549. The second-order valence-electron chi connectivity index (χ2n) is 4.16. The monoisotopic (exact) mass is 178 g/mol. The normalized spacial score (nSPS) is 28.2. The highest BCUT2D eigenvalue weighted by Gasteiger charge is 2.37. The fourth-order valence-corrected chi connectivity index (χ4v) is 2.35. The zero-order valence-electron chi connectivity index (χ0n) is 9.27. The van der Waals surface area contributed by atoms with Crippen molar-refractivity contribution in [3.05, 3.63) is 23.8 Å². The van der Waals surface area contributed by atoms with Gasteiger partial charge in [0.2, 0.25) is 0 Å². The maximum absolute atomic E-state index is 3.80. The summed E-state index contributed by atoms with van der Waals surface area (Å²) in [7, 11) is 0. The summed E-state index contributed by atoms with van der Waals surface area (Å²) in [5.74, 6) is 1.92. The molecule has 0 saturated heterocycles. The molecule has 0 heterocycles. The SMILES string of the molecule is C=CCC(C)=C(CC)C1CC1CC. The molecule has 0 radical (unpaired) electrons. The van der Waals surface area contributed by atoms with Gasteiger partial charge in [-0.05, 0) is 38.0 Å². The van der Waals surface area contributed by atoms with Crippen LogP contribution >= 0.6 is 0 Å². The van der Waals surface area contributed by atoms with Gasteiger partial charge in [-0.1, -0.05) is 37.5 Å². The van der Waals surface area contributed by atoms with Gasteiger partial charge in [-0.25, -0.2) is 0 Å². The Bertz CT molecular complexity index is 210. The van der Waals surface area contributed by atoms with E-state index in [0.29, 0.717) is 0 Å². The van der Waals surface area contributed by atoms with Crippen LogP contribution in [0.1, 0.15) is 46.5 Å². The van der Waals surface area contributed by atoms with Crippen molar-refractivity contribution in [1.29, 1.82) is 0 Å². The van der Waals surface area contributed by atoms with Crippen LogP contribution in [0.3, 0.4) is 0 Å². The maximum atomic E-state index is 3.80. The fourth-order valence-electron chi connectivity index (χ4n) is 2.35. The highest BCUT2D eigenvalue weighted by Crippen LogP contribution is 2.48. The van der Waals surface area contributed by atoms with Crippen LogP contribution in [-0.4, -0.2) is 0 Å². The molecule has 0 N–H and O–H groups in total. The Morgan fingerprint density at radius 3 is 2.54 bits per heavy atom. The standard InChI is InChI=1S/C13H22/c1-5-8-10(4)12(7-3)13-9-11(13)6-2/h5,11,13H,1,6-9H2,2-4H3. The molecular formula is C13H22. The van der Waals surface area contributed by atoms with Crippen molar-refractivity contribution in [1.82, 2.24) is 0 Å². The number of allylic oxidation sites excluding steroid dienone is 3. The smallest absolute Gasteiger partial charge is 0.0141 e. The second-order valence-corrected chi connectivity index (χ2v) is 4.16. The summed E-state index contributed by atoms with van der Waals surface area (Å²) in [5.41, 5.74) is 3.28. The van der Waals surface area contributed by atoms with E-state index in [1.807, 2.05) is 6.08 Å². The Hall–Kier alpha value is -0.520. The van der Waals surface area contributed by atoms with E-state index in [1.165, 1.54) is 19.3 Å². The third kappa shape index (κ3) is 2.46. The van der Waals surface area contributed by atoms with Crippen LogP contribution in [0.2, 0.25) is 0 Å². The molecule has 1 rings (SSSR count). The minimum absolute atomic E-state index is 0.926. The molecule has 0 nitrogen and oxygen atoms in total. The maximum Gasteiger partial charge on any atom is -0.0141 e. The van der Waals surface area contributed by atoms with Gasteiger partial charge in [0.15, 0.2) is 0 Å². The molecule has 0 heteroatoms. The predicted molar refractivity (Wildman–Crippen MR) is 59.7 cm³/mol. The molecule has 0 aromatic heterocycles. The highest BCUT2D eigenvalue weighted by molar-refractivity contribution is 5.22. The van der Waals surface area contributed by atoms with Crippen molar-refractivity contribution in [3.63, 3.8) is 0 Å². The Morgan fingerprint density at radius 2 is 2.15 bits per heavy atom. The largest absolute Gasteiger partial charge is 0.103 e. The average Bonchev–Trinajstić information content (AvgIpc) is 2.86. The number of rotatable bonds is 5. The van der Waals surface area contributed by atoms with E-state index in [4.69, 9.17) is 0 Å². The second kappa shape index (κ2) is 4.64. The molecule has 13 heavy (non-hydrogen) atoms. The molecule has 2 atom stereocenters. The third-order valence-electron chi connectivity index (χ3n) is 3.27. The van der Waals surface area contributed by atoms with Crippen LogP contribution in [0, 0.1) is 11.8 Å². The van der Waals surface area contributed by atoms with Gasteiger partial charge in [-0.3, -0.25) is 0 Å². The van der Waals surface area contributed by atoms with E-state index >= 15 is 0 Å². The molecule has 0 bridgehead atoms. The molecule has 1 fully saturated rings. The van der Waals surface area contributed by atoms with Gasteiger partial charge in [0.05, 0.1) is 0 Å². The van der Waals surface area contributed by atoms with E-state index in [9.17, 15) is 0 Å². The molecule has 74 valence electrons. The molecule has 0 aromatic rings. The summed E-state index contributed by atoms with van der Waals surface area (Å²) in [5, 5.41) is 0. The van der Waals surface area contributed by atoms with Crippen molar-refractivity contribution < 1.29 is 0 Å². The Labute approximate surface area is 82.7 Å². The van der Waals surface area contributed by atoms with Gasteiger partial charge in [-0.15, -0.1) is 6.58 Å². The molecule has 1 saturated carbocycles. The first-order valence-corrected chi connectivity index (χ1v) is 5.53. The molecule has 1 aliphatic rings. The summed E-state index contributed by atoms with van der Waals surface area (Å²) in [6.07, 6.45) is 7.13. The van der Waals surface area contributed by atoms with E-state index in [2.05, 4.69) is 27.4 Å². The van der Waals surface area contributed by atoms with Crippen molar-refractivity contribution in [2.24, 2.45) is 11.8 Å². The molecule has 0 spiro atoms. The van der Waals surface area contributed by atoms with Gasteiger partial charge in [0.1, 0.15) is 0 Å². The van der Waals surface area contributed by atoms with Gasteiger partial charge in [-0.2, -0.15) is 0 Å². The van der Waals surface area contributed by atoms with Gasteiger partial charge >= 0.3 is 0 Å². The number of hydrogen-bond donors (Lipinski definition) is 0. The Kier molecular flexibility index (Phi) is 3.77. The van der Waals surface area contributed by atoms with Gasteiger partial charge < -0.3 is 0 Å². The minimum atomic E-state index is 0.926. The van der Waals surface area contributed by atoms with Crippen LogP contribution in [0.4, 0.5) is 0 Å². The summed E-state index contributed by atoms with van der Waals surface area (Å²) in [6, 6.07) is 0. The first kappa shape index (κ1) is 10.6. The first-order chi connectivity index (χ1) is 6.24. The highest BCUT2D eigenvalue weighted by atomic mass is 14.4. The lowest BCUT2D eigenvalue weighted by Crippen LogP contribution is -1.92. The molecular weight excluding hydrogens is 156 g/mol. The van der Waals surface area contributed by atoms with E-state index in [0.717, 1.165) is 18.3 Å². The van der Waals surface area contributed by atoms with E-state index < -0.39 is 0 Å². The summed E-state index contributed by atoms with van der Waals surface area (Å²) in [6.45, 7) is 10.7. The topological polar surface area (TPSA) is 0 Å². The van der Waals surface area contributed by atoms with Crippen LogP contribution in [-0.2, 0) is 0 Å². The van der Waals surface area contributed by atoms with Crippen molar-refractivity contribution in [3.8, 4) is 0 Å². The van der Waals surface area contributed by atoms with Gasteiger partial charge in [0.25, 0.3) is 0 Å². The Balaban J connectivity index is 2.62. The zero-order chi connectivity index (χ0) is 9.84. The molecule has 0 amide bonds. The molecule has 2 unspecified atom stereocenters. The van der Waals surface area contributed by atoms with Crippen LogP contribution < -0.4 is 0 Å². The molecule has 1 aliphatic carbocycles. The Morgan fingerprint density at radius 1 is 1.46 bits per heavy atom. The minimum Gasteiger partial charge on any atom is -0.103 e. The molecule has 0 aromatic carbocycles. The third-order valence-corrected chi connectivity index (χ3v) is 3.27. The van der Waals surface area contributed by atoms with E-state index in [1.54, 1.807) is 11.1 Å². The fraction of sp³-hybridized carbons (Fsp3) is 0.692. The van der Waals surface area contributed by atoms with E-state index in [-0.39, 0.29) is 0 Å². The average molecular weight is 178 g/mol. The summed E-state index contributed by atoms with van der Waals surface area (Å²) in [4.78, 5) is 0. The summed E-state index contributed by atoms with van der Waals surface area (Å²) < 4.78 is 0. The summed E-state index contributed by atoms with van der Waals surface area (Å²) >= 11 is 0. The van der Waals surface area contributed by atoms with Crippen molar-refractivity contribution in [2.75, 3.05) is 0 Å². The lowest BCUT2D eigenvalue weighted by Gasteiger charge is -2.08. The van der Waals surface area contributed by atoms with Crippen LogP contribution in [0.25, 0.3) is 0 Å². The van der Waals surface area contributed by atoms with Gasteiger partial charge in [0, 0.05) is 0 Å². The van der Waals surface area contributed by atoms with Crippen molar-refractivity contribution >= 4 is 0 Å². The molecule has 0 aliphatic heterocycles. The lowest BCUT2D eigenvalue weighted by molar-refractivity contribution is 0.714. The first-order valence-electron chi connectivity index (χ1n) is 5.53. The van der Waals surface area contributed by atoms with Crippen LogP contribution in [0.15, 0.2) is 23.8 Å². The van der Waals surface area contributed by atoms with Crippen molar-refractivity contribution in [2.45, 2.75) is 46.5 Å². The zero-order valence-corrected chi connectivity index (χ0v) is 9.27. The van der Waals surface area contributed by atoms with Crippen LogP contribution in [0.5, 0.6) is 0 Å². The number of hydrogen-bond acceptors (Lipinski definition) is 0. The predicted octanol–water partition coefficient (Wildman–Crippen LogP) is 4.34.